The van der Waals surface area contributed by atoms with Crippen molar-refractivity contribution in [2.75, 3.05) is 29.1 Å². The minimum atomic E-state index is -1.11. The lowest BCUT2D eigenvalue weighted by molar-refractivity contribution is -0.137. The molecular weight excluding hydrogens is 523 g/mol. The third-order valence-electron chi connectivity index (χ3n) is 5.35. The Kier molecular flexibility index (Phi) is 9.62. The Morgan fingerprint density at radius 1 is 1.00 bits per heavy atom. The van der Waals surface area contributed by atoms with Gasteiger partial charge in [-0.1, -0.05) is 35.3 Å². The molecule has 12 heteroatoms. The van der Waals surface area contributed by atoms with Gasteiger partial charge in [-0.15, -0.1) is 0 Å². The molecule has 1 heterocycles. The summed E-state index contributed by atoms with van der Waals surface area (Å²) in [5.74, 6) is -1.60. The van der Waals surface area contributed by atoms with Crippen molar-refractivity contribution in [3.63, 3.8) is 0 Å². The van der Waals surface area contributed by atoms with Crippen molar-refractivity contribution < 1.29 is 19.4 Å². The maximum atomic E-state index is 12.7. The minimum absolute atomic E-state index is 0.0322. The Labute approximate surface area is 222 Å². The fourth-order valence-corrected chi connectivity index (χ4v) is 3.95. The number of carbonyl (C=O) groups is 2. The number of hydrogen-bond donors (Lipinski definition) is 4. The highest BCUT2D eigenvalue weighted by Crippen LogP contribution is 2.30. The molecule has 0 fully saturated rings. The number of carboxylic acid groups (broad SMARTS) is 1. The number of rotatable bonds is 13. The standard InChI is InChI=1S/C25H26Cl2N4O6/c1-13(2)37-9-3-8-29-21-22(24(35)23(21)34)30-18(10-19(32)33)14-4-6-15(7-5-14)25(36)31-20-16(26)11-28-12-17(20)27/h4-7,11-13,18,29-30H,3,8-10H2,1-2H3,(H,32,33)(H,28,31,36). The Morgan fingerprint density at radius 3 is 2.22 bits per heavy atom. The van der Waals surface area contributed by atoms with Gasteiger partial charge in [-0.2, -0.15) is 0 Å². The van der Waals surface area contributed by atoms with Crippen LogP contribution in [-0.4, -0.2) is 41.2 Å². The molecule has 10 nitrogen and oxygen atoms in total. The number of aliphatic carboxylic acids is 1. The fraction of sp³-hybridized carbons (Fsp3) is 0.320. The lowest BCUT2D eigenvalue weighted by Gasteiger charge is -2.22. The van der Waals surface area contributed by atoms with Crippen molar-refractivity contribution in [3.05, 3.63) is 78.3 Å². The lowest BCUT2D eigenvalue weighted by atomic mass is 10.0. The van der Waals surface area contributed by atoms with E-state index >= 15 is 0 Å². The monoisotopic (exact) mass is 548 g/mol. The first-order valence-corrected chi connectivity index (χ1v) is 12.2. The van der Waals surface area contributed by atoms with Crippen molar-refractivity contribution in [2.24, 2.45) is 0 Å². The number of nitrogens with one attached hydrogen (secondary N) is 3. The van der Waals surface area contributed by atoms with Gasteiger partial charge in [-0.3, -0.25) is 24.2 Å². The summed E-state index contributed by atoms with van der Waals surface area (Å²) in [7, 11) is 0. The zero-order valence-corrected chi connectivity index (χ0v) is 21.7. The number of nitrogens with zero attached hydrogens (tertiary/aromatic N) is 1. The number of halogens is 2. The highest BCUT2D eigenvalue weighted by Gasteiger charge is 2.25. The Hall–Kier alpha value is -3.47. The Bertz CT molecular complexity index is 1320. The van der Waals surface area contributed by atoms with E-state index in [1.807, 2.05) is 13.8 Å². The van der Waals surface area contributed by atoms with Crippen LogP contribution in [0.3, 0.4) is 0 Å². The molecule has 0 saturated heterocycles. The molecule has 0 saturated carbocycles. The number of hydrogen-bond acceptors (Lipinski definition) is 8. The molecular formula is C25H26Cl2N4O6. The van der Waals surface area contributed by atoms with Crippen LogP contribution in [0.5, 0.6) is 0 Å². The average Bonchev–Trinajstić information content (AvgIpc) is 2.86. The topological polar surface area (TPSA) is 147 Å². The van der Waals surface area contributed by atoms with Gasteiger partial charge in [0.05, 0.1) is 34.3 Å². The van der Waals surface area contributed by atoms with Gasteiger partial charge in [0.1, 0.15) is 11.4 Å². The summed E-state index contributed by atoms with van der Waals surface area (Å²) in [5, 5.41) is 18.2. The second-order valence-corrected chi connectivity index (χ2v) is 9.27. The van der Waals surface area contributed by atoms with E-state index < -0.39 is 28.8 Å². The molecule has 1 atom stereocenters. The number of aromatic nitrogens is 1. The largest absolute Gasteiger partial charge is 0.481 e. The zero-order chi connectivity index (χ0) is 27.1. The van der Waals surface area contributed by atoms with Crippen LogP contribution in [0.25, 0.3) is 0 Å². The van der Waals surface area contributed by atoms with E-state index in [9.17, 15) is 24.3 Å². The smallest absolute Gasteiger partial charge is 0.305 e. The molecule has 0 aliphatic rings. The molecule has 0 aliphatic carbocycles. The summed E-state index contributed by atoms with van der Waals surface area (Å²) in [6, 6.07) is 5.30. The Morgan fingerprint density at radius 2 is 1.62 bits per heavy atom. The third-order valence-corrected chi connectivity index (χ3v) is 5.92. The quantitative estimate of drug-likeness (QED) is 0.183. The molecule has 0 spiro atoms. The number of carbonyl (C=O) groups excluding carboxylic acids is 1. The van der Waals surface area contributed by atoms with Crippen LogP contribution in [0.15, 0.2) is 46.2 Å². The van der Waals surface area contributed by atoms with E-state index in [4.69, 9.17) is 27.9 Å². The predicted molar refractivity (Wildman–Crippen MR) is 143 cm³/mol. The normalized spacial score (nSPS) is 11.9. The first-order chi connectivity index (χ1) is 17.6. The first kappa shape index (κ1) is 28.1. The van der Waals surface area contributed by atoms with Crippen molar-refractivity contribution in [2.45, 2.75) is 38.8 Å². The molecule has 0 bridgehead atoms. The van der Waals surface area contributed by atoms with Crippen LogP contribution in [0, 0.1) is 0 Å². The van der Waals surface area contributed by atoms with Crippen LogP contribution >= 0.6 is 23.2 Å². The second-order valence-electron chi connectivity index (χ2n) is 8.46. The van der Waals surface area contributed by atoms with Crippen molar-refractivity contribution >= 4 is 52.1 Å². The lowest BCUT2D eigenvalue weighted by Crippen LogP contribution is -2.38. The summed E-state index contributed by atoms with van der Waals surface area (Å²) in [4.78, 5) is 52.3. The molecule has 3 aromatic rings. The van der Waals surface area contributed by atoms with E-state index in [2.05, 4.69) is 20.9 Å². The van der Waals surface area contributed by atoms with E-state index in [1.54, 1.807) is 12.1 Å². The number of pyridine rings is 1. The summed E-state index contributed by atoms with van der Waals surface area (Å²) < 4.78 is 5.45. The van der Waals surface area contributed by atoms with Crippen LogP contribution in [-0.2, 0) is 9.53 Å². The molecule has 1 aromatic heterocycles. The van der Waals surface area contributed by atoms with Crippen LogP contribution < -0.4 is 26.8 Å². The van der Waals surface area contributed by atoms with Gasteiger partial charge in [0.15, 0.2) is 0 Å². The van der Waals surface area contributed by atoms with E-state index in [1.165, 1.54) is 24.5 Å². The zero-order valence-electron chi connectivity index (χ0n) is 20.1. The molecule has 3 rings (SSSR count). The fourth-order valence-electron chi connectivity index (χ4n) is 3.49. The number of amides is 1. The molecule has 196 valence electrons. The molecule has 1 amide bonds. The summed E-state index contributed by atoms with van der Waals surface area (Å²) >= 11 is 12.1. The van der Waals surface area contributed by atoms with Crippen molar-refractivity contribution in [1.82, 2.24) is 4.98 Å². The van der Waals surface area contributed by atoms with E-state index in [-0.39, 0.29) is 45.2 Å². The van der Waals surface area contributed by atoms with Gasteiger partial charge >= 0.3 is 5.97 Å². The van der Waals surface area contributed by atoms with Crippen LogP contribution in [0.2, 0.25) is 10.0 Å². The summed E-state index contributed by atoms with van der Waals surface area (Å²) in [5.41, 5.74) is -0.254. The molecule has 0 aliphatic heterocycles. The first-order valence-electron chi connectivity index (χ1n) is 11.5. The summed E-state index contributed by atoms with van der Waals surface area (Å²) in [6.45, 7) is 4.73. The van der Waals surface area contributed by atoms with Crippen LogP contribution in [0.4, 0.5) is 17.1 Å². The number of ether oxygens (including phenoxy) is 1. The highest BCUT2D eigenvalue weighted by atomic mass is 35.5. The molecule has 1 unspecified atom stereocenters. The minimum Gasteiger partial charge on any atom is -0.481 e. The molecule has 0 radical (unpaired) electrons. The van der Waals surface area contributed by atoms with Gasteiger partial charge in [0.2, 0.25) is 0 Å². The van der Waals surface area contributed by atoms with Gasteiger partial charge in [0, 0.05) is 31.1 Å². The van der Waals surface area contributed by atoms with Crippen molar-refractivity contribution in [1.29, 1.82) is 0 Å². The molecule has 37 heavy (non-hydrogen) atoms. The second kappa shape index (κ2) is 12.7. The molecule has 2 aromatic carbocycles. The number of anilines is 3. The maximum Gasteiger partial charge on any atom is 0.305 e. The predicted octanol–water partition coefficient (Wildman–Crippen LogP) is 4.09. The van der Waals surface area contributed by atoms with Gasteiger partial charge in [-0.05, 0) is 38.0 Å². The highest BCUT2D eigenvalue weighted by molar-refractivity contribution is 6.39. The van der Waals surface area contributed by atoms with E-state index in [0.717, 1.165) is 0 Å². The molecule has 4 N–H and O–H groups in total. The Balaban J connectivity index is 1.72. The van der Waals surface area contributed by atoms with Gasteiger partial charge in [-0.25, -0.2) is 0 Å². The third kappa shape index (κ3) is 7.28. The summed E-state index contributed by atoms with van der Waals surface area (Å²) in [6.07, 6.45) is 3.03. The van der Waals surface area contributed by atoms with Crippen molar-refractivity contribution in [3.8, 4) is 0 Å². The van der Waals surface area contributed by atoms with E-state index in [0.29, 0.717) is 25.1 Å². The SMILES string of the molecule is CC(C)OCCCNc1c(NC(CC(=O)O)c2ccc(C(=O)Nc3c(Cl)cncc3Cl)cc2)c(=O)c1=O. The maximum absolute atomic E-state index is 12.7. The van der Waals surface area contributed by atoms with Gasteiger partial charge < -0.3 is 25.8 Å². The van der Waals surface area contributed by atoms with Gasteiger partial charge in [0.25, 0.3) is 16.8 Å². The number of benzene rings is 1. The average molecular weight is 549 g/mol. The number of carboxylic acids is 1. The van der Waals surface area contributed by atoms with Crippen LogP contribution in [0.1, 0.15) is 48.7 Å².